The van der Waals surface area contributed by atoms with Crippen LogP contribution in [0, 0.1) is 0 Å². The van der Waals surface area contributed by atoms with Gasteiger partial charge in [-0.05, 0) is 24.3 Å². The van der Waals surface area contributed by atoms with Crippen LogP contribution >= 0.6 is 0 Å². The van der Waals surface area contributed by atoms with Gasteiger partial charge in [0.25, 0.3) is 0 Å². The monoisotopic (exact) mass is 285 g/mol. The van der Waals surface area contributed by atoms with Crippen molar-refractivity contribution >= 4 is 22.1 Å². The van der Waals surface area contributed by atoms with Gasteiger partial charge in [-0.15, -0.1) is 0 Å². The van der Waals surface area contributed by atoms with E-state index in [2.05, 4.69) is 4.72 Å². The van der Waals surface area contributed by atoms with Crippen LogP contribution in [0.25, 0.3) is 6.08 Å². The molecule has 0 radical (unpaired) electrons. The lowest BCUT2D eigenvalue weighted by atomic mass is 10.2. The second kappa shape index (κ2) is 6.35. The fraction of sp³-hybridized carbons (Fsp3) is 0.250. The predicted octanol–water partition coefficient (Wildman–Crippen LogP) is 1.09. The number of methoxy groups -OCH3 is 1. The van der Waals surface area contributed by atoms with Crippen LogP contribution in [0.2, 0.25) is 0 Å². The number of carboxylic acid groups (broad SMARTS) is 1. The van der Waals surface area contributed by atoms with Crippen molar-refractivity contribution in [3.05, 3.63) is 29.8 Å². The molecule has 7 heteroatoms. The maximum Gasteiger partial charge on any atom is 0.328 e. The zero-order valence-electron chi connectivity index (χ0n) is 10.6. The smallest absolute Gasteiger partial charge is 0.328 e. The number of ether oxygens (including phenoxy) is 1. The number of carbonyl (C=O) groups is 1. The fourth-order valence-corrected chi connectivity index (χ4v) is 2.52. The molecule has 19 heavy (non-hydrogen) atoms. The van der Waals surface area contributed by atoms with Gasteiger partial charge >= 0.3 is 5.97 Å². The highest BCUT2D eigenvalue weighted by Gasteiger charge is 2.14. The Morgan fingerprint density at radius 2 is 2.16 bits per heavy atom. The first-order chi connectivity index (χ1) is 8.90. The normalized spacial score (nSPS) is 11.7. The van der Waals surface area contributed by atoms with E-state index in [1.807, 2.05) is 0 Å². The lowest BCUT2D eigenvalue weighted by molar-refractivity contribution is -0.131. The van der Waals surface area contributed by atoms with Gasteiger partial charge in [0, 0.05) is 18.2 Å². The van der Waals surface area contributed by atoms with E-state index in [4.69, 9.17) is 9.84 Å². The molecule has 0 spiro atoms. The average Bonchev–Trinajstić information content (AvgIpc) is 2.35. The minimum absolute atomic E-state index is 0.0557. The van der Waals surface area contributed by atoms with Crippen LogP contribution in [0.15, 0.2) is 29.2 Å². The summed E-state index contributed by atoms with van der Waals surface area (Å²) in [4.78, 5) is 10.6. The van der Waals surface area contributed by atoms with E-state index >= 15 is 0 Å². The third kappa shape index (κ3) is 4.08. The lowest BCUT2D eigenvalue weighted by Gasteiger charge is -2.09. The molecule has 2 N–H and O–H groups in total. The van der Waals surface area contributed by atoms with Gasteiger partial charge in [0.05, 0.1) is 12.0 Å². The number of hydrogen-bond acceptors (Lipinski definition) is 4. The van der Waals surface area contributed by atoms with E-state index in [9.17, 15) is 13.2 Å². The van der Waals surface area contributed by atoms with Crippen LogP contribution in [0.1, 0.15) is 12.5 Å². The van der Waals surface area contributed by atoms with E-state index < -0.39 is 16.0 Å². The summed E-state index contributed by atoms with van der Waals surface area (Å²) in [6.45, 7) is 1.95. The van der Waals surface area contributed by atoms with Crippen molar-refractivity contribution in [2.75, 3.05) is 13.7 Å². The predicted molar refractivity (Wildman–Crippen MR) is 70.5 cm³/mol. The first-order valence-corrected chi connectivity index (χ1v) is 6.97. The Kier molecular flexibility index (Phi) is 5.08. The van der Waals surface area contributed by atoms with Crippen molar-refractivity contribution in [3.63, 3.8) is 0 Å². The van der Waals surface area contributed by atoms with Gasteiger partial charge in [0.15, 0.2) is 0 Å². The van der Waals surface area contributed by atoms with Gasteiger partial charge in [-0.25, -0.2) is 17.9 Å². The minimum atomic E-state index is -3.58. The van der Waals surface area contributed by atoms with Gasteiger partial charge < -0.3 is 9.84 Å². The standard InChI is InChI=1S/C12H15NO5S/c1-3-13-19(16,17)10-5-6-11(18-2)9(8-10)4-7-12(14)15/h4-8,13H,3H2,1-2H3,(H,14,15)/b7-4+. The molecule has 0 aliphatic rings. The Morgan fingerprint density at radius 3 is 2.68 bits per heavy atom. The second-order valence-electron chi connectivity index (χ2n) is 3.58. The molecule has 1 aromatic carbocycles. The lowest BCUT2D eigenvalue weighted by Crippen LogP contribution is -2.23. The van der Waals surface area contributed by atoms with Gasteiger partial charge in [0.1, 0.15) is 5.75 Å². The zero-order chi connectivity index (χ0) is 14.5. The summed E-state index contributed by atoms with van der Waals surface area (Å²) < 4.78 is 31.1. The van der Waals surface area contributed by atoms with Crippen LogP contribution in [-0.2, 0) is 14.8 Å². The Hall–Kier alpha value is -1.86. The van der Waals surface area contributed by atoms with E-state index in [0.29, 0.717) is 11.3 Å². The molecular weight excluding hydrogens is 270 g/mol. The van der Waals surface area contributed by atoms with Crippen LogP contribution in [-0.4, -0.2) is 33.1 Å². The molecule has 6 nitrogen and oxygen atoms in total. The van der Waals surface area contributed by atoms with Crippen molar-refractivity contribution in [1.29, 1.82) is 0 Å². The van der Waals surface area contributed by atoms with Gasteiger partial charge in [0.2, 0.25) is 10.0 Å². The summed E-state index contributed by atoms with van der Waals surface area (Å²) >= 11 is 0. The number of aliphatic carboxylic acids is 1. The highest BCUT2D eigenvalue weighted by Crippen LogP contribution is 2.23. The molecule has 0 amide bonds. The van der Waals surface area contributed by atoms with Gasteiger partial charge in [-0.3, -0.25) is 0 Å². The number of hydrogen-bond donors (Lipinski definition) is 2. The Bertz CT molecular complexity index is 592. The van der Waals surface area contributed by atoms with Gasteiger partial charge in [-0.2, -0.15) is 0 Å². The summed E-state index contributed by atoms with van der Waals surface area (Å²) in [7, 11) is -2.16. The largest absolute Gasteiger partial charge is 0.496 e. The molecule has 0 saturated heterocycles. The Balaban J connectivity index is 3.26. The first kappa shape index (κ1) is 15.2. The zero-order valence-corrected chi connectivity index (χ0v) is 11.4. The summed E-state index contributed by atoms with van der Waals surface area (Å²) in [5.41, 5.74) is 0.379. The van der Waals surface area contributed by atoms with E-state index in [-0.39, 0.29) is 11.4 Å². The van der Waals surface area contributed by atoms with Crippen LogP contribution in [0.5, 0.6) is 5.75 Å². The van der Waals surface area contributed by atoms with E-state index in [1.54, 1.807) is 6.92 Å². The van der Waals surface area contributed by atoms with Crippen molar-refractivity contribution in [2.24, 2.45) is 0 Å². The summed E-state index contributed by atoms with van der Waals surface area (Å²) in [5.74, 6) is -0.727. The first-order valence-electron chi connectivity index (χ1n) is 5.49. The molecule has 0 aliphatic carbocycles. The number of sulfonamides is 1. The number of rotatable bonds is 6. The van der Waals surface area contributed by atoms with Crippen LogP contribution in [0.3, 0.4) is 0 Å². The van der Waals surface area contributed by atoms with Gasteiger partial charge in [-0.1, -0.05) is 6.92 Å². The SMILES string of the molecule is CCNS(=O)(=O)c1ccc(OC)c(/C=C/C(=O)O)c1. The molecule has 104 valence electrons. The molecule has 0 saturated carbocycles. The second-order valence-corrected chi connectivity index (χ2v) is 5.34. The molecular formula is C12H15NO5S. The number of benzene rings is 1. The maximum absolute atomic E-state index is 11.8. The third-order valence-corrected chi connectivity index (χ3v) is 3.79. The highest BCUT2D eigenvalue weighted by molar-refractivity contribution is 7.89. The van der Waals surface area contributed by atoms with Crippen molar-refractivity contribution in [2.45, 2.75) is 11.8 Å². The molecule has 1 rings (SSSR count). The molecule has 0 heterocycles. The van der Waals surface area contributed by atoms with Crippen molar-refractivity contribution < 1.29 is 23.1 Å². The maximum atomic E-state index is 11.8. The van der Waals surface area contributed by atoms with Crippen LogP contribution in [0.4, 0.5) is 0 Å². The number of nitrogens with one attached hydrogen (secondary N) is 1. The minimum Gasteiger partial charge on any atom is -0.496 e. The fourth-order valence-electron chi connectivity index (χ4n) is 1.44. The van der Waals surface area contributed by atoms with Crippen LogP contribution < -0.4 is 9.46 Å². The number of carboxylic acids is 1. The molecule has 0 bridgehead atoms. The Morgan fingerprint density at radius 1 is 1.47 bits per heavy atom. The molecule has 0 aromatic heterocycles. The third-order valence-electron chi connectivity index (χ3n) is 2.25. The van der Waals surface area contributed by atoms with E-state index in [1.165, 1.54) is 31.4 Å². The topological polar surface area (TPSA) is 92.7 Å². The van der Waals surface area contributed by atoms with Crippen molar-refractivity contribution in [3.8, 4) is 5.75 Å². The highest BCUT2D eigenvalue weighted by atomic mass is 32.2. The molecule has 0 unspecified atom stereocenters. The molecule has 0 atom stereocenters. The van der Waals surface area contributed by atoms with E-state index in [0.717, 1.165) is 6.08 Å². The quantitative estimate of drug-likeness (QED) is 0.763. The molecule has 1 aromatic rings. The summed E-state index contributed by atoms with van der Waals surface area (Å²) in [6.07, 6.45) is 2.20. The summed E-state index contributed by atoms with van der Waals surface area (Å²) in [5, 5.41) is 8.59. The molecule has 0 fully saturated rings. The summed E-state index contributed by atoms with van der Waals surface area (Å²) in [6, 6.07) is 4.23. The average molecular weight is 285 g/mol. The molecule has 0 aliphatic heterocycles. The van der Waals surface area contributed by atoms with Crippen molar-refractivity contribution in [1.82, 2.24) is 4.72 Å². The Labute approximate surface area is 111 Å².